The highest BCUT2D eigenvalue weighted by Crippen LogP contribution is 2.24. The quantitative estimate of drug-likeness (QED) is 0.104. The molecule has 1 aromatic heterocycles. The number of unbranched alkanes of at least 4 members (excludes halogenated alkanes) is 1. The van der Waals surface area contributed by atoms with E-state index in [-0.39, 0.29) is 30.3 Å². The largest absolute Gasteiger partial charge is 0.573 e. The minimum absolute atomic E-state index is 0.0123. The number of rotatable bonds is 15. The normalized spacial score (nSPS) is 12.2. The van der Waals surface area contributed by atoms with Crippen molar-refractivity contribution in [2.75, 3.05) is 5.32 Å². The number of allylic oxidation sites excluding steroid dienone is 3. The first kappa shape index (κ1) is 33.8. The third-order valence-corrected chi connectivity index (χ3v) is 6.46. The molecule has 10 nitrogen and oxygen atoms in total. The predicted molar refractivity (Wildman–Crippen MR) is 152 cm³/mol. The molecule has 0 atom stereocenters. The summed E-state index contributed by atoms with van der Waals surface area (Å²) in [7, 11) is 0. The zero-order valence-electron chi connectivity index (χ0n) is 23.1. The van der Waals surface area contributed by atoms with E-state index in [9.17, 15) is 31.5 Å². The minimum Gasteiger partial charge on any atom is -0.435 e. The molecule has 2 aromatic carbocycles. The van der Waals surface area contributed by atoms with Crippen LogP contribution in [0.5, 0.6) is 11.5 Å². The number of hydrogen-bond acceptors (Lipinski definition) is 9. The Balaban J connectivity index is 1.36. The summed E-state index contributed by atoms with van der Waals surface area (Å²) >= 11 is 1.22. The van der Waals surface area contributed by atoms with E-state index in [1.807, 2.05) is 0 Å². The Morgan fingerprint density at radius 2 is 1.59 bits per heavy atom. The van der Waals surface area contributed by atoms with Crippen LogP contribution in [-0.4, -0.2) is 35.0 Å². The van der Waals surface area contributed by atoms with Crippen LogP contribution in [0.4, 0.5) is 27.1 Å². The molecule has 0 fully saturated rings. The Kier molecular flexibility index (Phi) is 12.4. The number of aryl methyl sites for hydroxylation is 1. The number of carbonyl (C=O) groups excluding carboxylic acids is 2. The number of benzene rings is 2. The van der Waals surface area contributed by atoms with Gasteiger partial charge in [0, 0.05) is 12.1 Å². The van der Waals surface area contributed by atoms with Crippen LogP contribution in [0.25, 0.3) is 0 Å². The molecule has 1 heterocycles. The van der Waals surface area contributed by atoms with Crippen molar-refractivity contribution in [3.63, 3.8) is 0 Å². The number of nitrogens with two attached hydrogens (primary N) is 2. The van der Waals surface area contributed by atoms with E-state index in [4.69, 9.17) is 11.5 Å². The lowest BCUT2D eigenvalue weighted by molar-refractivity contribution is -0.274. The fraction of sp³-hybridized carbons (Fsp3) is 0.286. The van der Waals surface area contributed by atoms with Gasteiger partial charge in [0.05, 0.1) is 12.8 Å². The van der Waals surface area contributed by atoms with Gasteiger partial charge in [-0.25, -0.2) is 0 Å². The van der Waals surface area contributed by atoms with Crippen molar-refractivity contribution in [2.24, 2.45) is 11.5 Å². The van der Waals surface area contributed by atoms with E-state index in [1.165, 1.54) is 47.7 Å². The Hall–Kier alpha value is -4.73. The molecule has 0 aliphatic heterocycles. The number of carbonyl (C=O) groups is 2. The van der Waals surface area contributed by atoms with Crippen molar-refractivity contribution in [1.29, 1.82) is 0 Å². The van der Waals surface area contributed by atoms with Gasteiger partial charge in [0.25, 0.3) is 0 Å². The molecule has 6 N–H and O–H groups in total. The zero-order chi connectivity index (χ0) is 32.1. The van der Waals surface area contributed by atoms with Gasteiger partial charge >= 0.3 is 13.0 Å². The third-order valence-electron chi connectivity index (χ3n) is 5.57. The average molecular weight is 641 g/mol. The number of anilines is 1. The number of nitrogens with zero attached hydrogens (tertiary/aromatic N) is 2. The molecule has 0 radical (unpaired) electrons. The summed E-state index contributed by atoms with van der Waals surface area (Å²) in [4.78, 5) is 24.5. The number of hydrogen-bond donors (Lipinski definition) is 4. The lowest BCUT2D eigenvalue weighted by atomic mass is 10.1. The highest BCUT2D eigenvalue weighted by Gasteiger charge is 2.31. The van der Waals surface area contributed by atoms with Crippen LogP contribution in [0.15, 0.2) is 72.2 Å². The van der Waals surface area contributed by atoms with Crippen LogP contribution >= 0.6 is 11.3 Å². The Morgan fingerprint density at radius 1 is 0.932 bits per heavy atom. The third kappa shape index (κ3) is 13.1. The Bertz CT molecular complexity index is 1480. The molecule has 0 bridgehead atoms. The molecule has 0 aliphatic rings. The van der Waals surface area contributed by atoms with Crippen molar-refractivity contribution < 1.29 is 41.0 Å². The lowest BCUT2D eigenvalue weighted by Gasteiger charge is -2.10. The maximum atomic E-state index is 12.4. The van der Waals surface area contributed by atoms with Crippen molar-refractivity contribution in [3.8, 4) is 11.5 Å². The maximum Gasteiger partial charge on any atom is 0.573 e. The number of alkyl halides is 5. The highest BCUT2D eigenvalue weighted by atomic mass is 32.1. The maximum absolute atomic E-state index is 12.4. The van der Waals surface area contributed by atoms with E-state index in [2.05, 4.69) is 30.3 Å². The summed E-state index contributed by atoms with van der Waals surface area (Å²) in [5.41, 5.74) is 13.1. The van der Waals surface area contributed by atoms with Crippen LogP contribution in [0.3, 0.4) is 0 Å². The summed E-state index contributed by atoms with van der Waals surface area (Å²) in [6.07, 6.45) is 0.400. The average Bonchev–Trinajstić information content (AvgIpc) is 3.35. The molecule has 0 unspecified atom stereocenters. The van der Waals surface area contributed by atoms with Crippen molar-refractivity contribution >= 4 is 28.3 Å². The molecule has 236 valence electrons. The van der Waals surface area contributed by atoms with E-state index < -0.39 is 24.6 Å². The second-order valence-corrected chi connectivity index (χ2v) is 10.3. The standard InChI is InChI=1S/C28H29F5N6O4S/c29-26(30)42-20-8-3-5-17(13-20)16-24(41)37-27-39-38-25(44-27)10-2-1-7-19(34)11-12-22(35)36-23(40)15-18-6-4-9-21(14-18)43-28(31,32)33/h3-6,8-9,11-14,26H,1-2,7,10,15-16,34-35H2,(H,36,40)(H,37,39,41)/b19-11-,22-12+. The lowest BCUT2D eigenvalue weighted by Crippen LogP contribution is -2.28. The molecule has 0 saturated carbocycles. The monoisotopic (exact) mass is 640 g/mol. The SMILES string of the molecule is N/C(=C\C=C(/N)NC(=O)Cc1cccc(OC(F)(F)F)c1)CCCCc1nnc(NC(=O)Cc2cccc(OC(F)F)c2)s1. The first-order valence-corrected chi connectivity index (χ1v) is 13.9. The van der Waals surface area contributed by atoms with Crippen LogP contribution < -0.4 is 31.6 Å². The second-order valence-electron chi connectivity index (χ2n) is 9.24. The summed E-state index contributed by atoms with van der Waals surface area (Å²) in [5.74, 6) is -1.36. The van der Waals surface area contributed by atoms with E-state index in [1.54, 1.807) is 12.1 Å². The van der Waals surface area contributed by atoms with Gasteiger partial charge in [-0.05, 0) is 66.8 Å². The van der Waals surface area contributed by atoms with Gasteiger partial charge in [0.1, 0.15) is 22.3 Å². The topological polar surface area (TPSA) is 154 Å². The first-order chi connectivity index (χ1) is 20.8. The predicted octanol–water partition coefficient (Wildman–Crippen LogP) is 4.93. The van der Waals surface area contributed by atoms with Gasteiger partial charge in [0.15, 0.2) is 0 Å². The molecular weight excluding hydrogens is 611 g/mol. The molecule has 0 saturated heterocycles. The number of nitrogens with one attached hydrogen (secondary N) is 2. The number of halogens is 5. The van der Waals surface area contributed by atoms with Crippen LogP contribution in [0.1, 0.15) is 35.4 Å². The Morgan fingerprint density at radius 3 is 2.27 bits per heavy atom. The molecule has 2 amide bonds. The second kappa shape index (κ2) is 16.2. The van der Waals surface area contributed by atoms with Crippen molar-refractivity contribution in [1.82, 2.24) is 15.5 Å². The van der Waals surface area contributed by atoms with Crippen LogP contribution in [0, 0.1) is 0 Å². The number of ether oxygens (including phenoxy) is 2. The van der Waals surface area contributed by atoms with Crippen molar-refractivity contribution in [3.05, 3.63) is 88.3 Å². The van der Waals surface area contributed by atoms with Gasteiger partial charge < -0.3 is 31.6 Å². The van der Waals surface area contributed by atoms with Crippen LogP contribution in [0.2, 0.25) is 0 Å². The molecule has 3 aromatic rings. The van der Waals surface area contributed by atoms with Gasteiger partial charge in [-0.3, -0.25) is 9.59 Å². The van der Waals surface area contributed by atoms with E-state index in [0.29, 0.717) is 46.2 Å². The summed E-state index contributed by atoms with van der Waals surface area (Å²) in [6.45, 7) is -2.96. The van der Waals surface area contributed by atoms with Crippen LogP contribution in [-0.2, 0) is 28.9 Å². The summed E-state index contributed by atoms with van der Waals surface area (Å²) in [5, 5.41) is 14.1. The smallest absolute Gasteiger partial charge is 0.435 e. The molecule has 0 aliphatic carbocycles. The molecule has 0 spiro atoms. The highest BCUT2D eigenvalue weighted by molar-refractivity contribution is 7.15. The van der Waals surface area contributed by atoms with Gasteiger partial charge in [-0.1, -0.05) is 35.6 Å². The first-order valence-electron chi connectivity index (χ1n) is 13.1. The Labute approximate surface area is 252 Å². The van der Waals surface area contributed by atoms with Gasteiger partial charge in [-0.2, -0.15) is 8.78 Å². The number of aromatic nitrogens is 2. The summed E-state index contributed by atoms with van der Waals surface area (Å²) < 4.78 is 70.1. The zero-order valence-corrected chi connectivity index (χ0v) is 23.9. The molecule has 44 heavy (non-hydrogen) atoms. The molecule has 3 rings (SSSR count). The van der Waals surface area contributed by atoms with Crippen molar-refractivity contribution in [2.45, 2.75) is 51.5 Å². The van der Waals surface area contributed by atoms with E-state index >= 15 is 0 Å². The molecule has 16 heteroatoms. The van der Waals surface area contributed by atoms with Gasteiger partial charge in [-0.15, -0.1) is 23.4 Å². The minimum atomic E-state index is -4.84. The fourth-order valence-corrected chi connectivity index (χ4v) is 4.55. The van der Waals surface area contributed by atoms with Gasteiger partial charge in [0.2, 0.25) is 16.9 Å². The molecular formula is C28H29F5N6O4S. The fourth-order valence-electron chi connectivity index (χ4n) is 3.76. The summed E-state index contributed by atoms with van der Waals surface area (Å²) in [6, 6.07) is 10.9. The van der Waals surface area contributed by atoms with E-state index in [0.717, 1.165) is 18.6 Å². The number of amides is 2.